The predicted molar refractivity (Wildman–Crippen MR) is 85.6 cm³/mol. The summed E-state index contributed by atoms with van der Waals surface area (Å²) in [5.41, 5.74) is 2.53. The maximum absolute atomic E-state index is 12.4. The average Bonchev–Trinajstić information content (AvgIpc) is 2.36. The quantitative estimate of drug-likeness (QED) is 0.901. The fraction of sp³-hybridized carbons (Fsp3) is 0.133. The van der Waals surface area contributed by atoms with Gasteiger partial charge >= 0.3 is 0 Å². The fourth-order valence-corrected chi connectivity index (χ4v) is 3.67. The van der Waals surface area contributed by atoms with Crippen LogP contribution >= 0.6 is 15.9 Å². The van der Waals surface area contributed by atoms with Crippen molar-refractivity contribution in [2.24, 2.45) is 0 Å². The second-order valence-electron chi connectivity index (χ2n) is 4.71. The molecule has 0 aromatic heterocycles. The summed E-state index contributed by atoms with van der Waals surface area (Å²) >= 11 is 3.34. The van der Waals surface area contributed by atoms with Crippen molar-refractivity contribution in [1.29, 1.82) is 5.26 Å². The van der Waals surface area contributed by atoms with Crippen molar-refractivity contribution in [2.45, 2.75) is 18.7 Å². The van der Waals surface area contributed by atoms with E-state index in [2.05, 4.69) is 20.7 Å². The average molecular weight is 365 g/mol. The van der Waals surface area contributed by atoms with Crippen LogP contribution in [0.25, 0.3) is 0 Å². The molecule has 0 unspecified atom stereocenters. The number of anilines is 1. The topological polar surface area (TPSA) is 70.0 Å². The smallest absolute Gasteiger partial charge is 0.261 e. The highest BCUT2D eigenvalue weighted by atomic mass is 79.9. The van der Waals surface area contributed by atoms with E-state index in [-0.39, 0.29) is 4.90 Å². The van der Waals surface area contributed by atoms with Crippen LogP contribution in [-0.4, -0.2) is 8.42 Å². The molecule has 6 heteroatoms. The van der Waals surface area contributed by atoms with E-state index in [9.17, 15) is 8.42 Å². The third-order valence-corrected chi connectivity index (χ3v) is 4.76. The zero-order valence-electron chi connectivity index (χ0n) is 11.5. The number of rotatable bonds is 3. The summed E-state index contributed by atoms with van der Waals surface area (Å²) in [5.74, 6) is 0. The molecule has 0 bridgehead atoms. The highest BCUT2D eigenvalue weighted by molar-refractivity contribution is 9.10. The molecule has 108 valence electrons. The van der Waals surface area contributed by atoms with Crippen molar-refractivity contribution in [1.82, 2.24) is 0 Å². The van der Waals surface area contributed by atoms with E-state index in [1.54, 1.807) is 19.1 Å². The third kappa shape index (κ3) is 3.63. The third-order valence-electron chi connectivity index (χ3n) is 2.92. The van der Waals surface area contributed by atoms with Gasteiger partial charge in [0.15, 0.2) is 0 Å². The summed E-state index contributed by atoms with van der Waals surface area (Å²) < 4.78 is 28.1. The molecule has 0 aliphatic rings. The van der Waals surface area contributed by atoms with E-state index in [1.165, 1.54) is 18.2 Å². The first-order valence-electron chi connectivity index (χ1n) is 6.12. The largest absolute Gasteiger partial charge is 0.280 e. The molecule has 0 heterocycles. The van der Waals surface area contributed by atoms with Crippen LogP contribution in [0.3, 0.4) is 0 Å². The second kappa shape index (κ2) is 5.88. The summed E-state index contributed by atoms with van der Waals surface area (Å²) in [7, 11) is -3.67. The molecule has 0 fully saturated rings. The van der Waals surface area contributed by atoms with Crippen LogP contribution in [0.4, 0.5) is 5.69 Å². The lowest BCUT2D eigenvalue weighted by Gasteiger charge is -2.10. The van der Waals surface area contributed by atoms with Gasteiger partial charge in [-0.05, 0) is 61.4 Å². The minimum Gasteiger partial charge on any atom is -0.280 e. The number of halogens is 1. The molecule has 2 aromatic carbocycles. The number of nitrogens with zero attached hydrogens (tertiary/aromatic N) is 1. The van der Waals surface area contributed by atoms with Crippen LogP contribution in [0.5, 0.6) is 0 Å². The van der Waals surface area contributed by atoms with Gasteiger partial charge in [-0.25, -0.2) is 8.42 Å². The van der Waals surface area contributed by atoms with Gasteiger partial charge in [0.2, 0.25) is 0 Å². The Morgan fingerprint density at radius 1 is 1.14 bits per heavy atom. The maximum atomic E-state index is 12.4. The molecule has 0 atom stereocenters. The molecule has 0 radical (unpaired) electrons. The van der Waals surface area contributed by atoms with Crippen molar-refractivity contribution in [3.63, 3.8) is 0 Å². The van der Waals surface area contributed by atoms with Gasteiger partial charge in [0.25, 0.3) is 10.0 Å². The Bertz CT molecular complexity index is 819. The summed E-state index contributed by atoms with van der Waals surface area (Å²) in [6.45, 7) is 3.59. The first-order valence-corrected chi connectivity index (χ1v) is 8.40. The number of nitrogens with one attached hydrogen (secondary N) is 1. The standard InChI is InChI=1S/C15H13BrN2O2S/c1-10-5-13(16)8-14(6-10)18-21(19,20)15-4-3-12(9-17)11(2)7-15/h3-8,18H,1-2H3. The molecule has 0 amide bonds. The first-order chi connectivity index (χ1) is 9.81. The van der Waals surface area contributed by atoms with Crippen molar-refractivity contribution in [3.8, 4) is 6.07 Å². The molecule has 0 spiro atoms. The van der Waals surface area contributed by atoms with Crippen LogP contribution in [-0.2, 0) is 10.0 Å². The Morgan fingerprint density at radius 2 is 1.86 bits per heavy atom. The van der Waals surface area contributed by atoms with Crippen molar-refractivity contribution < 1.29 is 8.42 Å². The Hall–Kier alpha value is -1.84. The minimum absolute atomic E-state index is 0.136. The normalized spacial score (nSPS) is 11.0. The fourth-order valence-electron chi connectivity index (χ4n) is 1.94. The van der Waals surface area contributed by atoms with E-state index in [4.69, 9.17) is 5.26 Å². The Kier molecular flexibility index (Phi) is 4.35. The number of hydrogen-bond donors (Lipinski definition) is 1. The molecule has 21 heavy (non-hydrogen) atoms. The second-order valence-corrected chi connectivity index (χ2v) is 7.31. The van der Waals surface area contributed by atoms with Crippen LogP contribution in [0.2, 0.25) is 0 Å². The number of sulfonamides is 1. The van der Waals surface area contributed by atoms with Gasteiger partial charge < -0.3 is 0 Å². The van der Waals surface area contributed by atoms with Gasteiger partial charge in [-0.2, -0.15) is 5.26 Å². The molecule has 4 nitrogen and oxygen atoms in total. The van der Waals surface area contributed by atoms with Crippen LogP contribution in [0, 0.1) is 25.2 Å². The lowest BCUT2D eigenvalue weighted by atomic mass is 10.1. The van der Waals surface area contributed by atoms with E-state index in [0.29, 0.717) is 16.8 Å². The highest BCUT2D eigenvalue weighted by Gasteiger charge is 2.15. The minimum atomic E-state index is -3.67. The first kappa shape index (κ1) is 15.5. The van der Waals surface area contributed by atoms with Crippen LogP contribution in [0.1, 0.15) is 16.7 Å². The molecule has 0 saturated heterocycles. The Morgan fingerprint density at radius 3 is 2.43 bits per heavy atom. The molecular weight excluding hydrogens is 352 g/mol. The van der Waals surface area contributed by atoms with E-state index in [1.807, 2.05) is 19.1 Å². The highest BCUT2D eigenvalue weighted by Crippen LogP contribution is 2.23. The van der Waals surface area contributed by atoms with Gasteiger partial charge in [0.05, 0.1) is 22.2 Å². The molecule has 2 aromatic rings. The lowest BCUT2D eigenvalue weighted by Crippen LogP contribution is -2.13. The summed E-state index contributed by atoms with van der Waals surface area (Å²) in [5, 5.41) is 8.89. The number of nitriles is 1. The molecule has 0 aliphatic carbocycles. The van der Waals surface area contributed by atoms with Crippen LogP contribution < -0.4 is 4.72 Å². The SMILES string of the molecule is Cc1cc(Br)cc(NS(=O)(=O)c2ccc(C#N)c(C)c2)c1. The van der Waals surface area contributed by atoms with Gasteiger partial charge in [0.1, 0.15) is 0 Å². The lowest BCUT2D eigenvalue weighted by molar-refractivity contribution is 0.601. The molecular formula is C15H13BrN2O2S. The summed E-state index contributed by atoms with van der Waals surface area (Å²) in [4.78, 5) is 0.136. The van der Waals surface area contributed by atoms with E-state index < -0.39 is 10.0 Å². The number of aryl methyl sites for hydroxylation is 2. The van der Waals surface area contributed by atoms with Gasteiger partial charge in [-0.1, -0.05) is 15.9 Å². The summed E-state index contributed by atoms with van der Waals surface area (Å²) in [6.07, 6.45) is 0. The summed E-state index contributed by atoms with van der Waals surface area (Å²) in [6, 6.07) is 11.8. The Labute approximate surface area is 132 Å². The zero-order chi connectivity index (χ0) is 15.6. The van der Waals surface area contributed by atoms with Crippen LogP contribution in [0.15, 0.2) is 45.8 Å². The van der Waals surface area contributed by atoms with Crippen molar-refractivity contribution in [3.05, 3.63) is 57.6 Å². The van der Waals surface area contributed by atoms with Gasteiger partial charge in [-0.15, -0.1) is 0 Å². The number of hydrogen-bond acceptors (Lipinski definition) is 3. The zero-order valence-corrected chi connectivity index (χ0v) is 13.9. The molecule has 1 N–H and O–H groups in total. The van der Waals surface area contributed by atoms with E-state index >= 15 is 0 Å². The number of benzene rings is 2. The maximum Gasteiger partial charge on any atom is 0.261 e. The Balaban J connectivity index is 2.39. The van der Waals surface area contributed by atoms with Crippen molar-refractivity contribution in [2.75, 3.05) is 4.72 Å². The van der Waals surface area contributed by atoms with Gasteiger partial charge in [0, 0.05) is 4.47 Å². The molecule has 2 rings (SSSR count). The van der Waals surface area contributed by atoms with Gasteiger partial charge in [-0.3, -0.25) is 4.72 Å². The molecule has 0 saturated carbocycles. The predicted octanol–water partition coefficient (Wildman–Crippen LogP) is 3.74. The van der Waals surface area contributed by atoms with Crippen molar-refractivity contribution >= 4 is 31.6 Å². The molecule has 0 aliphatic heterocycles. The monoisotopic (exact) mass is 364 g/mol. The van der Waals surface area contributed by atoms with E-state index in [0.717, 1.165) is 10.0 Å².